The van der Waals surface area contributed by atoms with Gasteiger partial charge in [0.05, 0.1) is 11.5 Å². The highest BCUT2D eigenvalue weighted by molar-refractivity contribution is 6.68. The number of fused-ring (bicyclic) bond motifs is 1. The number of nitrogens with one attached hydrogen (secondary N) is 1. The molecule has 0 bridgehead atoms. The molecule has 0 spiro atoms. The predicted octanol–water partition coefficient (Wildman–Crippen LogP) is 4.30. The van der Waals surface area contributed by atoms with E-state index in [1.807, 2.05) is 0 Å². The third-order valence-corrected chi connectivity index (χ3v) is 6.20. The number of rotatable bonds is 6. The van der Waals surface area contributed by atoms with Gasteiger partial charge in [0, 0.05) is 23.7 Å². The summed E-state index contributed by atoms with van der Waals surface area (Å²) in [5.41, 5.74) is 0.111. The summed E-state index contributed by atoms with van der Waals surface area (Å²) in [4.78, 5) is 25.3. The summed E-state index contributed by atoms with van der Waals surface area (Å²) in [6.07, 6.45) is 4.60. The number of carbonyl (C=O) groups is 1. The van der Waals surface area contributed by atoms with Crippen molar-refractivity contribution in [2.75, 3.05) is 19.7 Å². The zero-order valence-electron chi connectivity index (χ0n) is 15.9. The summed E-state index contributed by atoms with van der Waals surface area (Å²) in [7, 11) is 0. The number of hydrogen-bond donors (Lipinski definition) is 1. The highest BCUT2D eigenvalue weighted by Gasteiger charge is 2.38. The Balaban J connectivity index is 1.62. The van der Waals surface area contributed by atoms with Crippen molar-refractivity contribution < 1.29 is 14.5 Å². The van der Waals surface area contributed by atoms with Crippen molar-refractivity contribution in [2.24, 2.45) is 5.92 Å². The first kappa shape index (κ1) is 22.6. The quantitative estimate of drug-likeness (QED) is 0.294. The molecule has 1 N–H and O–H groups in total. The van der Waals surface area contributed by atoms with E-state index < -0.39 is 20.9 Å². The number of benzene rings is 1. The van der Waals surface area contributed by atoms with E-state index in [9.17, 15) is 14.9 Å². The molecule has 0 radical (unpaired) electrons. The molecule has 0 saturated carbocycles. The number of amides is 1. The molecule has 2 fully saturated rings. The third-order valence-electron chi connectivity index (χ3n) is 5.61. The fraction of sp³-hybridized carbons (Fsp3) is 0.632. The Bertz CT molecular complexity index is 724. The molecule has 29 heavy (non-hydrogen) atoms. The van der Waals surface area contributed by atoms with E-state index in [0.717, 1.165) is 32.4 Å². The zero-order chi connectivity index (χ0) is 21.0. The number of nitro benzene ring substituents is 1. The van der Waals surface area contributed by atoms with E-state index in [-0.39, 0.29) is 11.3 Å². The van der Waals surface area contributed by atoms with Crippen molar-refractivity contribution in [3.63, 3.8) is 0 Å². The van der Waals surface area contributed by atoms with Gasteiger partial charge in [0.2, 0.25) is 3.79 Å². The van der Waals surface area contributed by atoms with Crippen molar-refractivity contribution in [2.45, 2.75) is 48.2 Å². The highest BCUT2D eigenvalue weighted by Crippen LogP contribution is 2.34. The topological polar surface area (TPSA) is 84.7 Å². The lowest BCUT2D eigenvalue weighted by atomic mass is 9.84. The first-order valence-electron chi connectivity index (χ1n) is 9.73. The molecule has 3 atom stereocenters. The average Bonchev–Trinajstić information content (AvgIpc) is 2.70. The molecule has 2 saturated heterocycles. The molecular formula is C19H24Cl3N3O4. The number of ether oxygens (including phenoxy) is 1. The zero-order valence-corrected chi connectivity index (χ0v) is 18.1. The lowest BCUT2D eigenvalue weighted by molar-refractivity contribution is -0.384. The van der Waals surface area contributed by atoms with Gasteiger partial charge in [-0.2, -0.15) is 0 Å². The molecule has 0 unspecified atom stereocenters. The summed E-state index contributed by atoms with van der Waals surface area (Å²) in [5.74, 6) is -0.200. The van der Waals surface area contributed by atoms with Gasteiger partial charge in [-0.3, -0.25) is 14.9 Å². The lowest BCUT2D eigenvalue weighted by Crippen LogP contribution is -2.51. The predicted molar refractivity (Wildman–Crippen MR) is 113 cm³/mol. The monoisotopic (exact) mass is 463 g/mol. The molecule has 10 heteroatoms. The Morgan fingerprint density at radius 2 is 1.90 bits per heavy atom. The van der Waals surface area contributed by atoms with Gasteiger partial charge in [-0.1, -0.05) is 41.2 Å². The molecular weight excluding hydrogens is 441 g/mol. The van der Waals surface area contributed by atoms with Crippen LogP contribution in [0.5, 0.6) is 0 Å². The number of carbonyl (C=O) groups excluding carboxylic acids is 1. The summed E-state index contributed by atoms with van der Waals surface area (Å²) in [5, 5.41) is 13.3. The van der Waals surface area contributed by atoms with Crippen LogP contribution in [0.3, 0.4) is 0 Å². The number of halogens is 3. The number of non-ortho nitro benzene ring substituents is 1. The summed E-state index contributed by atoms with van der Waals surface area (Å²) in [6.45, 7) is 2.62. The molecule has 1 aromatic rings. The van der Waals surface area contributed by atoms with E-state index in [4.69, 9.17) is 39.5 Å². The maximum Gasteiger partial charge on any atom is 0.269 e. The van der Waals surface area contributed by atoms with E-state index in [2.05, 4.69) is 10.2 Å². The molecule has 0 aromatic heterocycles. The summed E-state index contributed by atoms with van der Waals surface area (Å²) < 4.78 is 4.04. The molecule has 3 rings (SSSR count). The number of piperidine rings is 2. The van der Waals surface area contributed by atoms with Crippen molar-refractivity contribution >= 4 is 46.4 Å². The Morgan fingerprint density at radius 1 is 1.21 bits per heavy atom. The summed E-state index contributed by atoms with van der Waals surface area (Å²) >= 11 is 18.1. The van der Waals surface area contributed by atoms with Crippen molar-refractivity contribution in [3.05, 3.63) is 39.9 Å². The molecule has 2 heterocycles. The minimum atomic E-state index is -1.85. The Kier molecular flexibility index (Phi) is 7.62. The van der Waals surface area contributed by atoms with E-state index in [0.29, 0.717) is 18.6 Å². The van der Waals surface area contributed by atoms with Crippen LogP contribution in [0.4, 0.5) is 5.69 Å². The van der Waals surface area contributed by atoms with E-state index in [1.54, 1.807) is 0 Å². The fourth-order valence-electron chi connectivity index (χ4n) is 4.15. The van der Waals surface area contributed by atoms with Crippen molar-refractivity contribution in [1.29, 1.82) is 0 Å². The Hall–Kier alpha value is -1.12. The lowest BCUT2D eigenvalue weighted by Gasteiger charge is -2.44. The minimum absolute atomic E-state index is 0.106. The molecule has 7 nitrogen and oxygen atoms in total. The van der Waals surface area contributed by atoms with Gasteiger partial charge >= 0.3 is 0 Å². The van der Waals surface area contributed by atoms with Crippen LogP contribution >= 0.6 is 34.8 Å². The Morgan fingerprint density at radius 3 is 2.55 bits per heavy atom. The first-order chi connectivity index (χ1) is 13.8. The molecule has 160 valence electrons. The van der Waals surface area contributed by atoms with Gasteiger partial charge in [0.1, 0.15) is 0 Å². The second kappa shape index (κ2) is 9.79. The number of nitro groups is 1. The van der Waals surface area contributed by atoms with Crippen LogP contribution in [0.15, 0.2) is 24.3 Å². The first-order valence-corrected chi connectivity index (χ1v) is 10.9. The fourth-order valence-corrected chi connectivity index (χ4v) is 4.50. The van der Waals surface area contributed by atoms with Crippen LogP contribution in [0.2, 0.25) is 0 Å². The van der Waals surface area contributed by atoms with Crippen LogP contribution in [0.25, 0.3) is 0 Å². The van der Waals surface area contributed by atoms with E-state index in [1.165, 1.54) is 37.1 Å². The minimum Gasteiger partial charge on any atom is -0.354 e. The largest absolute Gasteiger partial charge is 0.354 e. The van der Waals surface area contributed by atoms with Crippen LogP contribution in [-0.4, -0.2) is 51.5 Å². The normalized spacial score (nSPS) is 23.8. The van der Waals surface area contributed by atoms with Gasteiger partial charge in [0.25, 0.3) is 11.6 Å². The van der Waals surface area contributed by atoms with Crippen LogP contribution in [0.1, 0.15) is 42.5 Å². The average molecular weight is 465 g/mol. The van der Waals surface area contributed by atoms with Gasteiger partial charge in [-0.05, 0) is 56.8 Å². The highest BCUT2D eigenvalue weighted by atomic mass is 35.6. The molecule has 1 aromatic carbocycles. The van der Waals surface area contributed by atoms with Gasteiger partial charge in [0.15, 0.2) is 6.23 Å². The standard InChI is InChI=1S/C19H24Cl3N3O4/c20-19(21,22)18(23-17(26)13-6-8-15(9-7-13)25(27)28)29-12-14-4-3-11-24-10-2-1-5-16(14)24/h6-9,14,16,18H,1-5,10-12H2,(H,23,26)/t14-,16+,18-/m0/s1. The van der Waals surface area contributed by atoms with Gasteiger partial charge in [-0.15, -0.1) is 0 Å². The van der Waals surface area contributed by atoms with Crippen LogP contribution < -0.4 is 5.32 Å². The SMILES string of the molecule is O=C(N[C@@H](OC[C@@H]1CCCN2CCCC[C@H]12)C(Cl)(Cl)Cl)c1ccc([N+](=O)[O-])cc1. The third kappa shape index (κ3) is 5.95. The molecule has 0 aliphatic carbocycles. The maximum absolute atomic E-state index is 12.5. The maximum atomic E-state index is 12.5. The second-order valence-electron chi connectivity index (χ2n) is 7.53. The van der Waals surface area contributed by atoms with Crippen molar-refractivity contribution in [3.8, 4) is 0 Å². The summed E-state index contributed by atoms with van der Waals surface area (Å²) in [6, 6.07) is 5.67. The Labute approximate surface area is 184 Å². The second-order valence-corrected chi connectivity index (χ2v) is 9.90. The molecule has 2 aliphatic rings. The van der Waals surface area contributed by atoms with Crippen LogP contribution in [0, 0.1) is 16.0 Å². The van der Waals surface area contributed by atoms with Crippen molar-refractivity contribution in [1.82, 2.24) is 10.2 Å². The molecule has 1 amide bonds. The smallest absolute Gasteiger partial charge is 0.269 e. The van der Waals surface area contributed by atoms with E-state index >= 15 is 0 Å². The molecule has 2 aliphatic heterocycles. The van der Waals surface area contributed by atoms with Gasteiger partial charge < -0.3 is 15.0 Å². The number of hydrogen-bond acceptors (Lipinski definition) is 5. The van der Waals surface area contributed by atoms with Gasteiger partial charge in [-0.25, -0.2) is 0 Å². The number of nitrogens with zero attached hydrogens (tertiary/aromatic N) is 2. The van der Waals surface area contributed by atoms with Crippen LogP contribution in [-0.2, 0) is 4.74 Å². The number of alkyl halides is 3.